The fraction of sp³-hybridized carbons (Fsp3) is 0.350. The third-order valence-corrected chi connectivity index (χ3v) is 5.49. The van der Waals surface area contributed by atoms with Gasteiger partial charge in [0.2, 0.25) is 5.91 Å². The van der Waals surface area contributed by atoms with Gasteiger partial charge in [0, 0.05) is 35.2 Å². The Kier molecular flexibility index (Phi) is 5.60. The lowest BCUT2D eigenvalue weighted by molar-refractivity contribution is -0.127. The SMILES string of the molecule is CNC(=O)[C@@H]1CN(C(=O)CCC(=O)c2cc(C)sc2C)c2ccccc2O1. The number of rotatable bonds is 5. The molecule has 2 amide bonds. The number of nitrogens with one attached hydrogen (secondary N) is 1. The summed E-state index contributed by atoms with van der Waals surface area (Å²) in [6, 6.07) is 8.98. The van der Waals surface area contributed by atoms with Crippen LogP contribution in [-0.2, 0) is 9.59 Å². The van der Waals surface area contributed by atoms with E-state index in [1.54, 1.807) is 29.5 Å². The fourth-order valence-electron chi connectivity index (χ4n) is 3.17. The van der Waals surface area contributed by atoms with E-state index in [1.807, 2.05) is 26.0 Å². The Morgan fingerprint density at radius 1 is 1.22 bits per heavy atom. The number of anilines is 1. The molecule has 27 heavy (non-hydrogen) atoms. The molecule has 0 saturated carbocycles. The first kappa shape index (κ1) is 19.1. The summed E-state index contributed by atoms with van der Waals surface area (Å²) in [5, 5.41) is 2.55. The average molecular weight is 386 g/mol. The van der Waals surface area contributed by atoms with E-state index < -0.39 is 6.10 Å². The van der Waals surface area contributed by atoms with E-state index in [1.165, 1.54) is 11.9 Å². The van der Waals surface area contributed by atoms with Gasteiger partial charge in [0.15, 0.2) is 11.9 Å². The third-order valence-electron chi connectivity index (χ3n) is 4.52. The monoisotopic (exact) mass is 386 g/mol. The number of carbonyl (C=O) groups excluding carboxylic acids is 3. The predicted molar refractivity (Wildman–Crippen MR) is 105 cm³/mol. The van der Waals surface area contributed by atoms with Gasteiger partial charge in [-0.3, -0.25) is 14.4 Å². The molecule has 1 aliphatic heterocycles. The summed E-state index contributed by atoms with van der Waals surface area (Å²) in [6.45, 7) is 4.00. The second-order valence-corrected chi connectivity index (χ2v) is 7.90. The number of hydrogen-bond donors (Lipinski definition) is 1. The minimum atomic E-state index is -0.772. The zero-order chi connectivity index (χ0) is 19.6. The van der Waals surface area contributed by atoms with Crippen molar-refractivity contribution in [3.05, 3.63) is 45.6 Å². The van der Waals surface area contributed by atoms with Crippen LogP contribution in [0.4, 0.5) is 5.69 Å². The van der Waals surface area contributed by atoms with E-state index in [2.05, 4.69) is 5.32 Å². The van der Waals surface area contributed by atoms with E-state index >= 15 is 0 Å². The molecule has 3 rings (SSSR count). The van der Waals surface area contributed by atoms with Crippen LogP contribution in [0.5, 0.6) is 5.75 Å². The Balaban J connectivity index is 1.74. The molecule has 0 radical (unpaired) electrons. The molecule has 0 unspecified atom stereocenters. The van der Waals surface area contributed by atoms with Crippen LogP contribution < -0.4 is 15.0 Å². The molecule has 2 aromatic rings. The van der Waals surface area contributed by atoms with Crippen molar-refractivity contribution in [2.45, 2.75) is 32.8 Å². The Hall–Kier alpha value is -2.67. The number of benzene rings is 1. The standard InChI is InChI=1S/C20H22N2O4S/c1-12-10-14(13(2)27-12)16(23)8-9-19(24)22-11-18(20(25)21-3)26-17-7-5-4-6-15(17)22/h4-7,10,18H,8-9,11H2,1-3H3,(H,21,25)/t18-/m0/s1. The van der Waals surface area contributed by atoms with Crippen molar-refractivity contribution in [2.75, 3.05) is 18.5 Å². The van der Waals surface area contributed by atoms with Crippen molar-refractivity contribution in [3.63, 3.8) is 0 Å². The van der Waals surface area contributed by atoms with Crippen molar-refractivity contribution in [3.8, 4) is 5.75 Å². The highest BCUT2D eigenvalue weighted by Gasteiger charge is 2.33. The highest BCUT2D eigenvalue weighted by atomic mass is 32.1. The van der Waals surface area contributed by atoms with Crippen LogP contribution in [0.1, 0.15) is 33.0 Å². The third kappa shape index (κ3) is 4.03. The average Bonchev–Trinajstić information content (AvgIpc) is 3.02. The maximum Gasteiger partial charge on any atom is 0.262 e. The van der Waals surface area contributed by atoms with Gasteiger partial charge in [0.25, 0.3) is 5.91 Å². The number of fused-ring (bicyclic) bond motifs is 1. The maximum absolute atomic E-state index is 12.8. The fourth-order valence-corrected chi connectivity index (χ4v) is 4.11. The normalized spacial score (nSPS) is 15.7. The molecule has 0 saturated heterocycles. The molecule has 1 aromatic heterocycles. The van der Waals surface area contributed by atoms with Crippen LogP contribution in [0, 0.1) is 13.8 Å². The second-order valence-electron chi connectivity index (χ2n) is 6.44. The number of likely N-dealkylation sites (N-methyl/N-ethyl adjacent to an activating group) is 1. The number of carbonyl (C=O) groups is 3. The second kappa shape index (κ2) is 7.92. The molecule has 7 heteroatoms. The van der Waals surface area contributed by atoms with E-state index in [9.17, 15) is 14.4 Å². The number of para-hydroxylation sites is 2. The van der Waals surface area contributed by atoms with Crippen LogP contribution in [0.2, 0.25) is 0 Å². The van der Waals surface area contributed by atoms with Gasteiger partial charge in [0.05, 0.1) is 12.2 Å². The van der Waals surface area contributed by atoms with Crippen molar-refractivity contribution in [1.82, 2.24) is 5.32 Å². The zero-order valence-electron chi connectivity index (χ0n) is 15.6. The van der Waals surface area contributed by atoms with Crippen LogP contribution in [0.25, 0.3) is 0 Å². The molecule has 0 bridgehead atoms. The molecular formula is C20H22N2O4S. The van der Waals surface area contributed by atoms with Gasteiger partial charge in [-0.1, -0.05) is 12.1 Å². The first-order chi connectivity index (χ1) is 12.9. The summed E-state index contributed by atoms with van der Waals surface area (Å²) in [5.41, 5.74) is 1.31. The van der Waals surface area contributed by atoms with Crippen LogP contribution in [0.15, 0.2) is 30.3 Å². The van der Waals surface area contributed by atoms with E-state index in [0.29, 0.717) is 17.0 Å². The van der Waals surface area contributed by atoms with Gasteiger partial charge in [0.1, 0.15) is 5.75 Å². The maximum atomic E-state index is 12.8. The van der Waals surface area contributed by atoms with Gasteiger partial charge < -0.3 is 15.0 Å². The van der Waals surface area contributed by atoms with E-state index in [-0.39, 0.29) is 37.0 Å². The Morgan fingerprint density at radius 3 is 2.63 bits per heavy atom. The molecule has 2 heterocycles. The number of Topliss-reactive ketones (excluding diaryl/α,β-unsaturated/α-hetero) is 1. The van der Waals surface area contributed by atoms with E-state index in [4.69, 9.17) is 4.74 Å². The summed E-state index contributed by atoms with van der Waals surface area (Å²) < 4.78 is 5.71. The van der Waals surface area contributed by atoms with Gasteiger partial charge in [-0.05, 0) is 32.0 Å². The van der Waals surface area contributed by atoms with Gasteiger partial charge in [-0.2, -0.15) is 0 Å². The van der Waals surface area contributed by atoms with Gasteiger partial charge in [-0.25, -0.2) is 0 Å². The van der Waals surface area contributed by atoms with Crippen LogP contribution >= 0.6 is 11.3 Å². The van der Waals surface area contributed by atoms with Gasteiger partial charge >= 0.3 is 0 Å². The summed E-state index contributed by atoms with van der Waals surface area (Å²) in [5.74, 6) is -0.0312. The quantitative estimate of drug-likeness (QED) is 0.802. The van der Waals surface area contributed by atoms with Crippen molar-refractivity contribution >= 4 is 34.6 Å². The Morgan fingerprint density at radius 2 is 1.96 bits per heavy atom. The molecule has 1 N–H and O–H groups in total. The molecule has 0 spiro atoms. The van der Waals surface area contributed by atoms with E-state index in [0.717, 1.165) is 9.75 Å². The molecule has 1 aromatic carbocycles. The molecule has 0 fully saturated rings. The minimum absolute atomic E-state index is 0.0328. The Bertz CT molecular complexity index is 890. The van der Waals surface area contributed by atoms with Gasteiger partial charge in [-0.15, -0.1) is 11.3 Å². The molecule has 0 aliphatic carbocycles. The predicted octanol–water partition coefficient (Wildman–Crippen LogP) is 2.87. The van der Waals surface area contributed by atoms with Crippen molar-refractivity contribution in [1.29, 1.82) is 0 Å². The minimum Gasteiger partial charge on any atom is -0.477 e. The summed E-state index contributed by atoms with van der Waals surface area (Å²) in [4.78, 5) is 40.9. The summed E-state index contributed by atoms with van der Waals surface area (Å²) in [6.07, 6.45) is -0.548. The first-order valence-electron chi connectivity index (χ1n) is 8.78. The lowest BCUT2D eigenvalue weighted by Gasteiger charge is -2.34. The topological polar surface area (TPSA) is 75.7 Å². The first-order valence-corrected chi connectivity index (χ1v) is 9.60. The van der Waals surface area contributed by atoms with Crippen LogP contribution in [0.3, 0.4) is 0 Å². The lowest BCUT2D eigenvalue weighted by atomic mass is 10.1. The molecular weight excluding hydrogens is 364 g/mol. The summed E-state index contributed by atoms with van der Waals surface area (Å²) in [7, 11) is 1.53. The number of hydrogen-bond acceptors (Lipinski definition) is 5. The number of ether oxygens (including phenoxy) is 1. The molecule has 142 valence electrons. The Labute approximate surface area is 162 Å². The highest BCUT2D eigenvalue weighted by Crippen LogP contribution is 2.33. The highest BCUT2D eigenvalue weighted by molar-refractivity contribution is 7.12. The molecule has 6 nitrogen and oxygen atoms in total. The summed E-state index contributed by atoms with van der Waals surface area (Å²) >= 11 is 1.58. The smallest absolute Gasteiger partial charge is 0.262 e. The number of nitrogens with zero attached hydrogens (tertiary/aromatic N) is 1. The van der Waals surface area contributed by atoms with Crippen molar-refractivity contribution in [2.24, 2.45) is 0 Å². The molecule has 1 atom stereocenters. The number of ketones is 1. The molecule has 1 aliphatic rings. The lowest BCUT2D eigenvalue weighted by Crippen LogP contribution is -2.50. The number of aryl methyl sites for hydroxylation is 2. The van der Waals surface area contributed by atoms with Crippen LogP contribution in [-0.4, -0.2) is 37.3 Å². The zero-order valence-corrected chi connectivity index (χ0v) is 16.4. The number of amides is 2. The number of thiophene rings is 1. The van der Waals surface area contributed by atoms with Crippen molar-refractivity contribution < 1.29 is 19.1 Å². The largest absolute Gasteiger partial charge is 0.477 e.